The second kappa shape index (κ2) is 10.3. The lowest BCUT2D eigenvalue weighted by atomic mass is 10.2. The van der Waals surface area contributed by atoms with Gasteiger partial charge in [-0.1, -0.05) is 35.9 Å². The number of carbonyl (C=O) groups excluding carboxylic acids is 2. The topological polar surface area (TPSA) is 73.9 Å². The molecule has 0 fully saturated rings. The fourth-order valence-corrected chi connectivity index (χ4v) is 2.29. The largest absolute Gasteiger partial charge is 0.493 e. The molecule has 138 valence electrons. The number of para-hydroxylation sites is 2. The maximum atomic E-state index is 12.2. The van der Waals surface area contributed by atoms with Crippen LogP contribution in [0.2, 0.25) is 5.02 Å². The number of esters is 1. The molecule has 2 rings (SSSR count). The zero-order valence-electron chi connectivity index (χ0n) is 14.4. The molecule has 0 atom stereocenters. The summed E-state index contributed by atoms with van der Waals surface area (Å²) in [6, 6.07) is 13.8. The molecule has 0 unspecified atom stereocenters. The SMILES string of the molecule is CCOc1ccccc1C(=O)NCC(=O)OCCOc1ccccc1Cl. The first-order valence-electron chi connectivity index (χ1n) is 8.14. The smallest absolute Gasteiger partial charge is 0.325 e. The summed E-state index contributed by atoms with van der Waals surface area (Å²) in [6.45, 7) is 2.24. The van der Waals surface area contributed by atoms with Crippen LogP contribution < -0.4 is 14.8 Å². The van der Waals surface area contributed by atoms with Crippen LogP contribution in [0.1, 0.15) is 17.3 Å². The summed E-state index contributed by atoms with van der Waals surface area (Å²) in [5.41, 5.74) is 0.365. The molecule has 1 N–H and O–H groups in total. The summed E-state index contributed by atoms with van der Waals surface area (Å²) in [6.07, 6.45) is 0. The fourth-order valence-electron chi connectivity index (χ4n) is 2.10. The Labute approximate surface area is 157 Å². The summed E-state index contributed by atoms with van der Waals surface area (Å²) < 4.78 is 15.8. The monoisotopic (exact) mass is 377 g/mol. The van der Waals surface area contributed by atoms with Gasteiger partial charge in [0.15, 0.2) is 0 Å². The highest BCUT2D eigenvalue weighted by atomic mass is 35.5. The maximum Gasteiger partial charge on any atom is 0.325 e. The Morgan fingerprint density at radius 3 is 2.38 bits per heavy atom. The van der Waals surface area contributed by atoms with Gasteiger partial charge in [0.1, 0.15) is 31.3 Å². The number of hydrogen-bond acceptors (Lipinski definition) is 5. The fraction of sp³-hybridized carbons (Fsp3) is 0.263. The first kappa shape index (κ1) is 19.6. The number of rotatable bonds is 9. The second-order valence-corrected chi connectivity index (χ2v) is 5.52. The van der Waals surface area contributed by atoms with Crippen LogP contribution in [0.15, 0.2) is 48.5 Å². The van der Waals surface area contributed by atoms with Crippen LogP contribution in [0.25, 0.3) is 0 Å². The number of amides is 1. The molecular weight excluding hydrogens is 358 g/mol. The van der Waals surface area contributed by atoms with Crippen molar-refractivity contribution in [2.45, 2.75) is 6.92 Å². The van der Waals surface area contributed by atoms with Crippen LogP contribution >= 0.6 is 11.6 Å². The van der Waals surface area contributed by atoms with Crippen LogP contribution in [-0.2, 0) is 9.53 Å². The molecule has 0 heterocycles. The molecule has 6 nitrogen and oxygen atoms in total. The minimum absolute atomic E-state index is 0.0511. The van der Waals surface area contributed by atoms with Gasteiger partial charge in [0.05, 0.1) is 17.2 Å². The number of halogens is 1. The Bertz CT molecular complexity index is 750. The molecule has 0 bridgehead atoms. The van der Waals surface area contributed by atoms with E-state index in [9.17, 15) is 9.59 Å². The van der Waals surface area contributed by atoms with E-state index in [0.717, 1.165) is 0 Å². The Hall–Kier alpha value is -2.73. The zero-order chi connectivity index (χ0) is 18.8. The highest BCUT2D eigenvalue weighted by molar-refractivity contribution is 6.32. The van der Waals surface area contributed by atoms with Gasteiger partial charge in [0, 0.05) is 0 Å². The molecule has 0 radical (unpaired) electrons. The maximum absolute atomic E-state index is 12.2. The highest BCUT2D eigenvalue weighted by Gasteiger charge is 2.13. The molecule has 0 aliphatic heterocycles. The van der Waals surface area contributed by atoms with Crippen LogP contribution in [-0.4, -0.2) is 38.2 Å². The second-order valence-electron chi connectivity index (χ2n) is 5.11. The summed E-state index contributed by atoms with van der Waals surface area (Å²) in [7, 11) is 0. The molecule has 26 heavy (non-hydrogen) atoms. The lowest BCUT2D eigenvalue weighted by molar-refractivity contribution is -0.143. The van der Waals surface area contributed by atoms with Gasteiger partial charge in [-0.3, -0.25) is 9.59 Å². The number of nitrogens with one attached hydrogen (secondary N) is 1. The Morgan fingerprint density at radius 2 is 1.65 bits per heavy atom. The lowest BCUT2D eigenvalue weighted by Crippen LogP contribution is -2.31. The van der Waals surface area contributed by atoms with Gasteiger partial charge >= 0.3 is 5.97 Å². The van der Waals surface area contributed by atoms with Gasteiger partial charge in [-0.25, -0.2) is 0 Å². The molecule has 1 amide bonds. The molecule has 0 aliphatic carbocycles. The Balaban J connectivity index is 1.72. The average Bonchev–Trinajstić information content (AvgIpc) is 2.65. The van der Waals surface area contributed by atoms with Gasteiger partial charge in [-0.15, -0.1) is 0 Å². The van der Waals surface area contributed by atoms with E-state index < -0.39 is 11.9 Å². The van der Waals surface area contributed by atoms with Crippen LogP contribution in [0, 0.1) is 0 Å². The predicted molar refractivity (Wildman–Crippen MR) is 97.9 cm³/mol. The van der Waals surface area contributed by atoms with Crippen molar-refractivity contribution in [1.29, 1.82) is 0 Å². The van der Waals surface area contributed by atoms with Crippen molar-refractivity contribution in [1.82, 2.24) is 5.32 Å². The van der Waals surface area contributed by atoms with Crippen molar-refractivity contribution in [3.8, 4) is 11.5 Å². The van der Waals surface area contributed by atoms with Crippen molar-refractivity contribution < 1.29 is 23.8 Å². The van der Waals surface area contributed by atoms with E-state index in [1.807, 2.05) is 6.92 Å². The van der Waals surface area contributed by atoms with E-state index in [4.69, 9.17) is 25.8 Å². The Morgan fingerprint density at radius 1 is 0.962 bits per heavy atom. The first-order valence-corrected chi connectivity index (χ1v) is 8.52. The average molecular weight is 378 g/mol. The summed E-state index contributed by atoms with van der Waals surface area (Å²) in [5, 5.41) is 3.00. The Kier molecular flexibility index (Phi) is 7.76. The quantitative estimate of drug-likeness (QED) is 0.537. The van der Waals surface area contributed by atoms with E-state index in [1.54, 1.807) is 48.5 Å². The molecule has 0 aliphatic rings. The number of hydrogen-bond donors (Lipinski definition) is 1. The van der Waals surface area contributed by atoms with Crippen LogP contribution in [0.5, 0.6) is 11.5 Å². The van der Waals surface area contributed by atoms with Gasteiger partial charge in [0.25, 0.3) is 5.91 Å². The summed E-state index contributed by atoms with van der Waals surface area (Å²) >= 11 is 5.95. The lowest BCUT2D eigenvalue weighted by Gasteiger charge is -2.11. The molecular formula is C19H20ClNO5. The molecule has 7 heteroatoms. The highest BCUT2D eigenvalue weighted by Crippen LogP contribution is 2.22. The van der Waals surface area contributed by atoms with Crippen LogP contribution in [0.4, 0.5) is 0 Å². The van der Waals surface area contributed by atoms with Crippen molar-refractivity contribution in [2.75, 3.05) is 26.4 Å². The summed E-state index contributed by atoms with van der Waals surface area (Å²) in [4.78, 5) is 23.9. The van der Waals surface area contributed by atoms with Crippen molar-refractivity contribution >= 4 is 23.5 Å². The molecule has 0 aromatic heterocycles. The van der Waals surface area contributed by atoms with Crippen LogP contribution in [0.3, 0.4) is 0 Å². The van der Waals surface area contributed by atoms with E-state index in [0.29, 0.717) is 28.7 Å². The minimum Gasteiger partial charge on any atom is -0.493 e. The third kappa shape index (κ3) is 5.97. The van der Waals surface area contributed by atoms with E-state index >= 15 is 0 Å². The third-order valence-corrected chi connectivity index (χ3v) is 3.58. The number of ether oxygens (including phenoxy) is 3. The van der Waals surface area contributed by atoms with Crippen molar-refractivity contribution in [3.63, 3.8) is 0 Å². The summed E-state index contributed by atoms with van der Waals surface area (Å²) in [5.74, 6) is 0.0216. The van der Waals surface area contributed by atoms with Crippen molar-refractivity contribution in [3.05, 3.63) is 59.1 Å². The van der Waals surface area contributed by atoms with Gasteiger partial charge in [0.2, 0.25) is 0 Å². The van der Waals surface area contributed by atoms with E-state index in [2.05, 4.69) is 5.32 Å². The number of carbonyl (C=O) groups is 2. The molecule has 2 aromatic rings. The van der Waals surface area contributed by atoms with Gasteiger partial charge < -0.3 is 19.5 Å². The normalized spacial score (nSPS) is 10.1. The molecule has 0 saturated carbocycles. The molecule has 2 aromatic carbocycles. The van der Waals surface area contributed by atoms with Crippen molar-refractivity contribution in [2.24, 2.45) is 0 Å². The molecule has 0 spiro atoms. The zero-order valence-corrected chi connectivity index (χ0v) is 15.1. The third-order valence-electron chi connectivity index (χ3n) is 3.27. The van der Waals surface area contributed by atoms with Gasteiger partial charge in [-0.2, -0.15) is 0 Å². The molecule has 0 saturated heterocycles. The van der Waals surface area contributed by atoms with E-state index in [1.165, 1.54) is 0 Å². The predicted octanol–water partition coefficient (Wildman–Crippen LogP) is 3.09. The standard InChI is InChI=1S/C19H20ClNO5/c1-2-24-16-9-5-3-7-14(16)19(23)21-13-18(22)26-12-11-25-17-10-6-4-8-15(17)20/h3-10H,2,11-13H2,1H3,(H,21,23). The van der Waals surface area contributed by atoms with Gasteiger partial charge in [-0.05, 0) is 31.2 Å². The minimum atomic E-state index is -0.560. The number of benzene rings is 2. The first-order chi connectivity index (χ1) is 12.6. The van der Waals surface area contributed by atoms with E-state index in [-0.39, 0.29) is 19.8 Å².